The first-order valence-corrected chi connectivity index (χ1v) is 5.65. The van der Waals surface area contributed by atoms with Crippen LogP contribution in [0.4, 0.5) is 0 Å². The fraction of sp³-hybridized carbons (Fsp3) is 0.909. The minimum atomic E-state index is -0.240. The van der Waals surface area contributed by atoms with Crippen LogP contribution in [0, 0.1) is 16.7 Å². The van der Waals surface area contributed by atoms with Gasteiger partial charge in [0.1, 0.15) is 5.41 Å². The Morgan fingerprint density at radius 3 is 2.93 bits per heavy atom. The van der Waals surface area contributed by atoms with Gasteiger partial charge in [0.2, 0.25) is 0 Å². The Bertz CT molecular complexity index is 257. The van der Waals surface area contributed by atoms with E-state index in [-0.39, 0.29) is 5.41 Å². The highest BCUT2D eigenvalue weighted by atomic mass is 16.5. The number of rotatable bonds is 3. The van der Waals surface area contributed by atoms with Gasteiger partial charge in [-0.25, -0.2) is 0 Å². The van der Waals surface area contributed by atoms with Crippen molar-refractivity contribution in [2.24, 2.45) is 5.41 Å². The van der Waals surface area contributed by atoms with Crippen LogP contribution < -0.4 is 5.32 Å². The lowest BCUT2D eigenvalue weighted by molar-refractivity contribution is -0.0770. The van der Waals surface area contributed by atoms with Crippen molar-refractivity contribution < 1.29 is 4.74 Å². The van der Waals surface area contributed by atoms with Gasteiger partial charge in [-0.2, -0.15) is 5.26 Å². The van der Waals surface area contributed by atoms with Crippen molar-refractivity contribution in [3.8, 4) is 6.07 Å². The molecule has 1 atom stereocenters. The molecule has 2 rings (SSSR count). The molecule has 4 nitrogen and oxygen atoms in total. The predicted octanol–water partition coefficient (Wildman–Crippen LogP) is 0.210. The molecule has 0 aliphatic carbocycles. The maximum Gasteiger partial charge on any atom is 0.116 e. The van der Waals surface area contributed by atoms with E-state index in [2.05, 4.69) is 23.3 Å². The summed E-state index contributed by atoms with van der Waals surface area (Å²) < 4.78 is 5.12. The van der Waals surface area contributed by atoms with Gasteiger partial charge < -0.3 is 15.0 Å². The summed E-state index contributed by atoms with van der Waals surface area (Å²) in [6.07, 6.45) is 2.48. The van der Waals surface area contributed by atoms with E-state index in [1.165, 1.54) is 19.4 Å². The molecule has 15 heavy (non-hydrogen) atoms. The highest BCUT2D eigenvalue weighted by Gasteiger charge is 2.39. The van der Waals surface area contributed by atoms with Crippen molar-refractivity contribution >= 4 is 0 Å². The fourth-order valence-electron chi connectivity index (χ4n) is 2.23. The van der Waals surface area contributed by atoms with Crippen molar-refractivity contribution in [2.75, 3.05) is 39.9 Å². The second kappa shape index (κ2) is 4.48. The Morgan fingerprint density at radius 2 is 2.40 bits per heavy atom. The Hall–Kier alpha value is -0.630. The van der Waals surface area contributed by atoms with Crippen LogP contribution in [0.5, 0.6) is 0 Å². The van der Waals surface area contributed by atoms with Gasteiger partial charge in [-0.15, -0.1) is 0 Å². The van der Waals surface area contributed by atoms with E-state index in [4.69, 9.17) is 10.00 Å². The molecule has 2 aliphatic heterocycles. The monoisotopic (exact) mass is 209 g/mol. The molecule has 0 aromatic rings. The molecule has 1 N–H and O–H groups in total. The molecular formula is C11H19N3O. The van der Waals surface area contributed by atoms with E-state index in [1.54, 1.807) is 0 Å². The molecule has 0 aromatic heterocycles. The molecule has 2 saturated heterocycles. The van der Waals surface area contributed by atoms with Gasteiger partial charge in [-0.1, -0.05) is 0 Å². The van der Waals surface area contributed by atoms with Crippen molar-refractivity contribution in [1.29, 1.82) is 5.26 Å². The second-order valence-electron chi connectivity index (χ2n) is 4.87. The van der Waals surface area contributed by atoms with Crippen LogP contribution in [0.1, 0.15) is 12.8 Å². The van der Waals surface area contributed by atoms with Crippen LogP contribution in [-0.4, -0.2) is 50.8 Å². The molecular weight excluding hydrogens is 190 g/mol. The zero-order valence-electron chi connectivity index (χ0n) is 9.33. The zero-order valence-corrected chi connectivity index (χ0v) is 9.33. The maximum absolute atomic E-state index is 9.04. The van der Waals surface area contributed by atoms with E-state index in [1.807, 2.05) is 0 Å². The lowest BCUT2D eigenvalue weighted by atomic mass is 9.87. The van der Waals surface area contributed by atoms with Gasteiger partial charge in [0.25, 0.3) is 0 Å². The number of nitriles is 1. The molecule has 0 radical (unpaired) electrons. The van der Waals surface area contributed by atoms with Gasteiger partial charge >= 0.3 is 0 Å². The van der Waals surface area contributed by atoms with Crippen LogP contribution >= 0.6 is 0 Å². The molecule has 0 aromatic carbocycles. The van der Waals surface area contributed by atoms with Gasteiger partial charge in [-0.05, 0) is 26.4 Å². The minimum absolute atomic E-state index is 0.240. The third kappa shape index (κ3) is 2.49. The van der Waals surface area contributed by atoms with Crippen molar-refractivity contribution in [3.63, 3.8) is 0 Å². The summed E-state index contributed by atoms with van der Waals surface area (Å²) in [6.45, 7) is 4.27. The SMILES string of the molecule is CN1CCCC(NCC2(C#N)COC2)C1. The predicted molar refractivity (Wildman–Crippen MR) is 57.4 cm³/mol. The van der Waals surface area contributed by atoms with Gasteiger partial charge in [-0.3, -0.25) is 0 Å². The van der Waals surface area contributed by atoms with Crippen LogP contribution in [0.3, 0.4) is 0 Å². The fourth-order valence-corrected chi connectivity index (χ4v) is 2.23. The molecule has 2 fully saturated rings. The number of piperidine rings is 1. The molecule has 4 heteroatoms. The minimum Gasteiger partial charge on any atom is -0.378 e. The van der Waals surface area contributed by atoms with E-state index in [9.17, 15) is 0 Å². The summed E-state index contributed by atoms with van der Waals surface area (Å²) in [5.74, 6) is 0. The number of ether oxygens (including phenoxy) is 1. The zero-order chi connectivity index (χ0) is 10.7. The third-order valence-corrected chi connectivity index (χ3v) is 3.35. The molecule has 0 amide bonds. The number of likely N-dealkylation sites (tertiary alicyclic amines) is 1. The average Bonchev–Trinajstić information content (AvgIpc) is 2.17. The van der Waals surface area contributed by atoms with Gasteiger partial charge in [0.05, 0.1) is 19.3 Å². The van der Waals surface area contributed by atoms with Gasteiger partial charge in [0.15, 0.2) is 0 Å². The van der Waals surface area contributed by atoms with Crippen molar-refractivity contribution in [3.05, 3.63) is 0 Å². The van der Waals surface area contributed by atoms with Crippen molar-refractivity contribution in [1.82, 2.24) is 10.2 Å². The summed E-state index contributed by atoms with van der Waals surface area (Å²) in [5, 5.41) is 12.5. The Labute approximate surface area is 91.2 Å². The molecule has 1 unspecified atom stereocenters. The number of nitrogens with one attached hydrogen (secondary N) is 1. The first-order valence-electron chi connectivity index (χ1n) is 5.65. The lowest BCUT2D eigenvalue weighted by Crippen LogP contribution is -2.53. The molecule has 2 aliphatic rings. The Kier molecular flexibility index (Phi) is 3.25. The summed E-state index contributed by atoms with van der Waals surface area (Å²) in [5.41, 5.74) is -0.240. The third-order valence-electron chi connectivity index (χ3n) is 3.35. The first kappa shape index (κ1) is 10.9. The molecule has 0 bridgehead atoms. The van der Waals surface area contributed by atoms with Crippen LogP contribution in [0.25, 0.3) is 0 Å². The number of likely N-dealkylation sites (N-methyl/N-ethyl adjacent to an activating group) is 1. The summed E-state index contributed by atoms with van der Waals surface area (Å²) in [4.78, 5) is 2.34. The lowest BCUT2D eigenvalue weighted by Gasteiger charge is -2.38. The highest BCUT2D eigenvalue weighted by Crippen LogP contribution is 2.25. The number of hydrogen-bond acceptors (Lipinski definition) is 4. The standard InChI is InChI=1S/C11H19N3O/c1-14-4-2-3-10(5-14)13-7-11(6-12)8-15-9-11/h10,13H,2-5,7-9H2,1H3. The Morgan fingerprint density at radius 1 is 1.60 bits per heavy atom. The highest BCUT2D eigenvalue weighted by molar-refractivity contribution is 5.05. The number of hydrogen-bond donors (Lipinski definition) is 1. The van der Waals surface area contributed by atoms with Crippen LogP contribution in [0.15, 0.2) is 0 Å². The summed E-state index contributed by atoms with van der Waals surface area (Å²) in [7, 11) is 2.15. The molecule has 84 valence electrons. The second-order valence-corrected chi connectivity index (χ2v) is 4.87. The van der Waals surface area contributed by atoms with Crippen molar-refractivity contribution in [2.45, 2.75) is 18.9 Å². The Balaban J connectivity index is 1.75. The topological polar surface area (TPSA) is 48.3 Å². The smallest absolute Gasteiger partial charge is 0.116 e. The molecule has 0 saturated carbocycles. The van der Waals surface area contributed by atoms with E-state index < -0.39 is 0 Å². The summed E-state index contributed by atoms with van der Waals surface area (Å²) in [6, 6.07) is 2.92. The van der Waals surface area contributed by atoms with E-state index in [0.717, 1.165) is 13.1 Å². The van der Waals surface area contributed by atoms with Crippen LogP contribution in [0.2, 0.25) is 0 Å². The summed E-state index contributed by atoms with van der Waals surface area (Å²) >= 11 is 0. The number of nitrogens with zero attached hydrogens (tertiary/aromatic N) is 2. The molecule has 0 spiro atoms. The largest absolute Gasteiger partial charge is 0.378 e. The van der Waals surface area contributed by atoms with Crippen LogP contribution in [-0.2, 0) is 4.74 Å². The van der Waals surface area contributed by atoms with E-state index >= 15 is 0 Å². The maximum atomic E-state index is 9.04. The van der Waals surface area contributed by atoms with Gasteiger partial charge in [0, 0.05) is 19.1 Å². The molecule has 2 heterocycles. The van der Waals surface area contributed by atoms with E-state index in [0.29, 0.717) is 19.3 Å². The quantitative estimate of drug-likeness (QED) is 0.722. The average molecular weight is 209 g/mol. The normalized spacial score (nSPS) is 30.5. The first-order chi connectivity index (χ1) is 7.24.